The number of sulfone groups is 1. The average Bonchev–Trinajstić information content (AvgIpc) is 3.61. The summed E-state index contributed by atoms with van der Waals surface area (Å²) in [5.41, 5.74) is 4.42. The number of nitrogens with zero attached hydrogens (tertiary/aromatic N) is 4. The highest BCUT2D eigenvalue weighted by atomic mass is 32.2. The highest BCUT2D eigenvalue weighted by Gasteiger charge is 2.29. The fraction of sp³-hybridized carbons (Fsp3) is 0.280. The summed E-state index contributed by atoms with van der Waals surface area (Å²) in [6.45, 7) is 2.20. The first-order chi connectivity index (χ1) is 16.3. The first-order valence-corrected chi connectivity index (χ1v) is 13.2. The Kier molecular flexibility index (Phi) is 5.65. The monoisotopic (exact) mass is 475 g/mol. The molecule has 3 heterocycles. The second kappa shape index (κ2) is 8.64. The molecule has 0 unspecified atom stereocenters. The minimum absolute atomic E-state index is 0.00187. The molecule has 4 aromatic rings. The molecule has 1 N–H and O–H groups in total. The van der Waals surface area contributed by atoms with E-state index in [0.717, 1.165) is 35.0 Å². The number of amides is 1. The lowest BCUT2D eigenvalue weighted by molar-refractivity contribution is 0.0952. The van der Waals surface area contributed by atoms with Crippen LogP contribution >= 0.6 is 0 Å². The third kappa shape index (κ3) is 4.70. The fourth-order valence-corrected chi connectivity index (χ4v) is 4.85. The molecule has 1 saturated carbocycles. The smallest absolute Gasteiger partial charge is 0.252 e. The van der Waals surface area contributed by atoms with Gasteiger partial charge in [0.25, 0.3) is 5.91 Å². The molecule has 1 fully saturated rings. The van der Waals surface area contributed by atoms with E-state index in [1.165, 1.54) is 6.26 Å². The van der Waals surface area contributed by atoms with Gasteiger partial charge in [0.2, 0.25) is 0 Å². The summed E-state index contributed by atoms with van der Waals surface area (Å²) in [6.07, 6.45) is 5.05. The first-order valence-electron chi connectivity index (χ1n) is 11.1. The maximum atomic E-state index is 13.3. The summed E-state index contributed by atoms with van der Waals surface area (Å²) >= 11 is 0. The summed E-state index contributed by atoms with van der Waals surface area (Å²) in [5.74, 6) is 0.823. The van der Waals surface area contributed by atoms with Gasteiger partial charge in [-0.2, -0.15) is 9.78 Å². The maximum absolute atomic E-state index is 13.3. The van der Waals surface area contributed by atoms with E-state index >= 15 is 0 Å². The zero-order chi connectivity index (χ0) is 23.9. The van der Waals surface area contributed by atoms with Crippen molar-refractivity contribution in [2.75, 3.05) is 6.26 Å². The SMILES string of the molecule is Cc1nn(-c2ccccn2)c2nc(C3CC3)cc(C(=O)NCc3ccc(CS(C)(=O)=O)cc3)c12. The molecule has 0 spiro atoms. The average molecular weight is 476 g/mol. The van der Waals surface area contributed by atoms with Crippen molar-refractivity contribution in [1.29, 1.82) is 0 Å². The molecular formula is C25H25N5O3S. The molecule has 1 aliphatic carbocycles. The molecule has 0 bridgehead atoms. The molecule has 8 nitrogen and oxygen atoms in total. The number of aromatic nitrogens is 4. The molecular weight excluding hydrogens is 450 g/mol. The van der Waals surface area contributed by atoms with Crippen LogP contribution in [0, 0.1) is 6.92 Å². The predicted molar refractivity (Wildman–Crippen MR) is 130 cm³/mol. The number of nitrogens with one attached hydrogen (secondary N) is 1. The third-order valence-electron chi connectivity index (χ3n) is 5.84. The number of carbonyl (C=O) groups excluding carboxylic acids is 1. The summed E-state index contributed by atoms with van der Waals surface area (Å²) in [5, 5.41) is 8.36. The van der Waals surface area contributed by atoms with E-state index in [4.69, 9.17) is 4.98 Å². The number of hydrogen-bond donors (Lipinski definition) is 1. The normalized spacial score (nSPS) is 13.8. The third-order valence-corrected chi connectivity index (χ3v) is 6.70. The molecule has 1 aromatic carbocycles. The van der Waals surface area contributed by atoms with Crippen LogP contribution in [0.1, 0.15) is 51.6 Å². The molecule has 0 saturated heterocycles. The second-order valence-corrected chi connectivity index (χ2v) is 11.0. The van der Waals surface area contributed by atoms with Crippen LogP contribution in [0.25, 0.3) is 16.9 Å². The number of carbonyl (C=O) groups is 1. The van der Waals surface area contributed by atoms with E-state index < -0.39 is 9.84 Å². The number of fused-ring (bicyclic) bond motifs is 1. The number of hydrogen-bond acceptors (Lipinski definition) is 6. The Morgan fingerprint density at radius 3 is 2.50 bits per heavy atom. The van der Waals surface area contributed by atoms with Gasteiger partial charge in [0, 0.05) is 30.6 Å². The first kappa shape index (κ1) is 22.2. The van der Waals surface area contributed by atoms with Gasteiger partial charge < -0.3 is 5.32 Å². The van der Waals surface area contributed by atoms with Crippen molar-refractivity contribution in [3.8, 4) is 5.82 Å². The Morgan fingerprint density at radius 1 is 1.12 bits per heavy atom. The summed E-state index contributed by atoms with van der Waals surface area (Å²) in [7, 11) is -3.09. The van der Waals surface area contributed by atoms with Gasteiger partial charge in [0.15, 0.2) is 21.3 Å². The second-order valence-electron chi connectivity index (χ2n) is 8.82. The van der Waals surface area contributed by atoms with E-state index in [-0.39, 0.29) is 11.7 Å². The molecule has 34 heavy (non-hydrogen) atoms. The van der Waals surface area contributed by atoms with Crippen LogP contribution in [-0.2, 0) is 22.1 Å². The number of aryl methyl sites for hydroxylation is 1. The molecule has 1 amide bonds. The quantitative estimate of drug-likeness (QED) is 0.439. The van der Waals surface area contributed by atoms with Crippen molar-refractivity contribution in [3.63, 3.8) is 0 Å². The molecule has 5 rings (SSSR count). The van der Waals surface area contributed by atoms with E-state index in [9.17, 15) is 13.2 Å². The van der Waals surface area contributed by atoms with Crippen molar-refractivity contribution in [2.24, 2.45) is 0 Å². The zero-order valence-electron chi connectivity index (χ0n) is 19.0. The van der Waals surface area contributed by atoms with Crippen molar-refractivity contribution < 1.29 is 13.2 Å². The van der Waals surface area contributed by atoms with Crippen LogP contribution in [-0.4, -0.2) is 40.3 Å². The van der Waals surface area contributed by atoms with Crippen LogP contribution < -0.4 is 5.32 Å². The van der Waals surface area contributed by atoms with Crippen LogP contribution in [0.15, 0.2) is 54.7 Å². The minimum atomic E-state index is -3.09. The maximum Gasteiger partial charge on any atom is 0.252 e. The minimum Gasteiger partial charge on any atom is -0.348 e. The molecule has 0 radical (unpaired) electrons. The number of pyridine rings is 2. The zero-order valence-corrected chi connectivity index (χ0v) is 19.8. The van der Waals surface area contributed by atoms with E-state index in [0.29, 0.717) is 35.2 Å². The molecule has 3 aromatic heterocycles. The number of rotatable bonds is 7. The van der Waals surface area contributed by atoms with Gasteiger partial charge in [0.05, 0.1) is 22.4 Å². The van der Waals surface area contributed by atoms with Crippen molar-refractivity contribution in [1.82, 2.24) is 25.1 Å². The van der Waals surface area contributed by atoms with Crippen LogP contribution in [0.5, 0.6) is 0 Å². The van der Waals surface area contributed by atoms with Gasteiger partial charge >= 0.3 is 0 Å². The lowest BCUT2D eigenvalue weighted by atomic mass is 10.1. The van der Waals surface area contributed by atoms with E-state index in [2.05, 4.69) is 15.4 Å². The molecule has 174 valence electrons. The number of benzene rings is 1. The predicted octanol–water partition coefficient (Wildman–Crippen LogP) is 3.48. The lowest BCUT2D eigenvalue weighted by Crippen LogP contribution is -2.23. The van der Waals surface area contributed by atoms with Gasteiger partial charge in [-0.1, -0.05) is 30.3 Å². The molecule has 0 atom stereocenters. The van der Waals surface area contributed by atoms with Gasteiger partial charge in [0.1, 0.15) is 0 Å². The van der Waals surface area contributed by atoms with Crippen molar-refractivity contribution in [3.05, 3.63) is 82.8 Å². The Morgan fingerprint density at radius 2 is 1.85 bits per heavy atom. The van der Waals surface area contributed by atoms with Gasteiger partial charge in [-0.3, -0.25) is 4.79 Å². The Bertz CT molecular complexity index is 1470. The van der Waals surface area contributed by atoms with Gasteiger partial charge in [-0.05, 0) is 49.1 Å². The molecule has 1 aliphatic rings. The highest BCUT2D eigenvalue weighted by molar-refractivity contribution is 7.89. The fourth-order valence-electron chi connectivity index (χ4n) is 4.05. The van der Waals surface area contributed by atoms with Crippen molar-refractivity contribution >= 4 is 26.8 Å². The molecule has 0 aliphatic heterocycles. The standard InChI is InChI=1S/C25H25N5O3S/c1-16-23-20(25(31)27-14-17-6-8-18(9-7-17)15-34(2,32)33)13-21(19-10-11-19)28-24(23)30(29-16)22-5-3-4-12-26-22/h3-9,12-13,19H,10-11,14-15H2,1-2H3,(H,27,31). The van der Waals surface area contributed by atoms with E-state index in [1.807, 2.05) is 43.3 Å². The summed E-state index contributed by atoms with van der Waals surface area (Å²) in [4.78, 5) is 22.6. The van der Waals surface area contributed by atoms with Crippen LogP contribution in [0.3, 0.4) is 0 Å². The van der Waals surface area contributed by atoms with Gasteiger partial charge in [-0.15, -0.1) is 0 Å². The lowest BCUT2D eigenvalue weighted by Gasteiger charge is -2.10. The topological polar surface area (TPSA) is 107 Å². The van der Waals surface area contributed by atoms with Gasteiger partial charge in [-0.25, -0.2) is 18.4 Å². The Hall–Kier alpha value is -3.59. The van der Waals surface area contributed by atoms with Crippen LogP contribution in [0.2, 0.25) is 0 Å². The Labute approximate surface area is 198 Å². The van der Waals surface area contributed by atoms with E-state index in [1.54, 1.807) is 23.0 Å². The highest BCUT2D eigenvalue weighted by Crippen LogP contribution is 2.40. The Balaban J connectivity index is 1.45. The van der Waals surface area contributed by atoms with Crippen molar-refractivity contribution in [2.45, 2.75) is 38.0 Å². The summed E-state index contributed by atoms with van der Waals surface area (Å²) < 4.78 is 24.7. The summed E-state index contributed by atoms with van der Waals surface area (Å²) in [6, 6.07) is 14.7. The van der Waals surface area contributed by atoms with Crippen LogP contribution in [0.4, 0.5) is 0 Å². The molecule has 9 heteroatoms. The largest absolute Gasteiger partial charge is 0.348 e.